The molecule has 2 heterocycles. The summed E-state index contributed by atoms with van der Waals surface area (Å²) >= 11 is 0. The summed E-state index contributed by atoms with van der Waals surface area (Å²) in [6, 6.07) is 11.5. The molecule has 26 heavy (non-hydrogen) atoms. The smallest absolute Gasteiger partial charge is 0.313 e. The summed E-state index contributed by atoms with van der Waals surface area (Å²) in [6.45, 7) is 4.48. The number of pyridine rings is 1. The van der Waals surface area contributed by atoms with Crippen LogP contribution < -0.4 is 11.1 Å². The molecule has 2 amide bonds. The zero-order chi connectivity index (χ0) is 18.7. The lowest BCUT2D eigenvalue weighted by atomic mass is 9.90. The van der Waals surface area contributed by atoms with Crippen LogP contribution in [0.3, 0.4) is 0 Å². The molecule has 0 bridgehead atoms. The predicted octanol–water partition coefficient (Wildman–Crippen LogP) is 2.91. The topological polar surface area (TPSA) is 88.3 Å². The van der Waals surface area contributed by atoms with Gasteiger partial charge in [-0.15, -0.1) is 0 Å². The molecule has 1 fully saturated rings. The molecule has 2 atom stereocenters. The van der Waals surface area contributed by atoms with Crippen molar-refractivity contribution in [3.8, 4) is 0 Å². The molecule has 0 saturated carbocycles. The molecule has 0 unspecified atom stereocenters. The van der Waals surface area contributed by atoms with Crippen molar-refractivity contribution in [2.75, 3.05) is 17.6 Å². The van der Waals surface area contributed by atoms with Crippen molar-refractivity contribution in [3.63, 3.8) is 0 Å². The van der Waals surface area contributed by atoms with Crippen molar-refractivity contribution in [1.82, 2.24) is 9.88 Å². The van der Waals surface area contributed by atoms with E-state index in [2.05, 4.69) is 17.2 Å². The molecule has 0 spiro atoms. The molecule has 1 aliphatic heterocycles. The fraction of sp³-hybridized carbons (Fsp3) is 0.350. The molecule has 1 saturated heterocycles. The number of hydrogen-bond acceptors (Lipinski definition) is 4. The highest BCUT2D eigenvalue weighted by molar-refractivity contribution is 6.39. The number of nitrogens with two attached hydrogens (primary N) is 1. The van der Waals surface area contributed by atoms with Gasteiger partial charge < -0.3 is 16.0 Å². The van der Waals surface area contributed by atoms with Crippen molar-refractivity contribution >= 4 is 23.3 Å². The first-order valence-electron chi connectivity index (χ1n) is 8.84. The number of piperidine rings is 1. The van der Waals surface area contributed by atoms with Crippen LogP contribution in [-0.2, 0) is 9.59 Å². The van der Waals surface area contributed by atoms with E-state index in [4.69, 9.17) is 5.73 Å². The average molecular weight is 352 g/mol. The largest absolute Gasteiger partial charge is 0.383 e. The van der Waals surface area contributed by atoms with Gasteiger partial charge in [0.2, 0.25) is 0 Å². The minimum atomic E-state index is -0.647. The Hall–Kier alpha value is -2.89. The molecule has 6 nitrogen and oxygen atoms in total. The number of amides is 2. The van der Waals surface area contributed by atoms with Gasteiger partial charge in [-0.2, -0.15) is 0 Å². The van der Waals surface area contributed by atoms with Crippen molar-refractivity contribution in [2.24, 2.45) is 5.92 Å². The second-order valence-electron chi connectivity index (χ2n) is 6.95. The van der Waals surface area contributed by atoms with Crippen LogP contribution in [0.2, 0.25) is 0 Å². The number of rotatable bonds is 2. The number of nitrogens with one attached hydrogen (secondary N) is 1. The maximum Gasteiger partial charge on any atom is 0.313 e. The highest BCUT2D eigenvalue weighted by atomic mass is 16.2. The first kappa shape index (κ1) is 17.9. The van der Waals surface area contributed by atoms with E-state index in [1.165, 1.54) is 6.20 Å². The van der Waals surface area contributed by atoms with Gasteiger partial charge in [0.05, 0.1) is 17.9 Å². The standard InChI is InChI=1S/C20H24N4O2/c1-13-8-9-17(15-6-4-3-5-7-15)24(12-13)20(26)19(25)23-16-10-14(2)18(21)22-11-16/h3-7,10-11,13,17H,8-9,12H2,1-2H3,(H2,21,22)(H,23,25)/t13-,17-/m1/s1. The van der Waals surface area contributed by atoms with Gasteiger partial charge >= 0.3 is 11.8 Å². The first-order chi connectivity index (χ1) is 12.5. The van der Waals surface area contributed by atoms with Crippen LogP contribution >= 0.6 is 0 Å². The number of nitrogen functional groups attached to an aromatic ring is 1. The predicted molar refractivity (Wildman–Crippen MR) is 101 cm³/mol. The van der Waals surface area contributed by atoms with Gasteiger partial charge in [0.1, 0.15) is 5.82 Å². The highest BCUT2D eigenvalue weighted by Gasteiger charge is 2.34. The van der Waals surface area contributed by atoms with E-state index in [9.17, 15) is 9.59 Å². The second kappa shape index (κ2) is 7.56. The van der Waals surface area contributed by atoms with Crippen LogP contribution in [0.15, 0.2) is 42.6 Å². The van der Waals surface area contributed by atoms with Crippen LogP contribution in [0.1, 0.15) is 36.9 Å². The second-order valence-corrected chi connectivity index (χ2v) is 6.95. The number of hydrogen-bond donors (Lipinski definition) is 2. The van der Waals surface area contributed by atoms with Crippen molar-refractivity contribution < 1.29 is 9.59 Å². The molecular weight excluding hydrogens is 328 g/mol. The van der Waals surface area contributed by atoms with E-state index < -0.39 is 11.8 Å². The molecule has 3 rings (SSSR count). The van der Waals surface area contributed by atoms with Crippen molar-refractivity contribution in [2.45, 2.75) is 32.7 Å². The monoisotopic (exact) mass is 352 g/mol. The van der Waals surface area contributed by atoms with E-state index in [0.717, 1.165) is 24.0 Å². The Kier molecular flexibility index (Phi) is 5.21. The minimum Gasteiger partial charge on any atom is -0.383 e. The fourth-order valence-electron chi connectivity index (χ4n) is 3.37. The number of aryl methyl sites for hydroxylation is 1. The molecule has 0 aliphatic carbocycles. The third-order valence-electron chi connectivity index (χ3n) is 4.83. The summed E-state index contributed by atoms with van der Waals surface area (Å²) in [5, 5.41) is 2.65. The number of likely N-dealkylation sites (tertiary alicyclic amines) is 1. The summed E-state index contributed by atoms with van der Waals surface area (Å²) < 4.78 is 0. The lowest BCUT2D eigenvalue weighted by molar-refractivity contribution is -0.146. The molecule has 2 aromatic rings. The van der Waals surface area contributed by atoms with Crippen LogP contribution in [0.25, 0.3) is 0 Å². The molecular formula is C20H24N4O2. The maximum atomic E-state index is 12.9. The molecule has 136 valence electrons. The van der Waals surface area contributed by atoms with E-state index in [1.807, 2.05) is 30.3 Å². The Morgan fingerprint density at radius 1 is 1.23 bits per heavy atom. The summed E-state index contributed by atoms with van der Waals surface area (Å²) in [5.74, 6) is -0.388. The molecule has 1 aromatic heterocycles. The SMILES string of the molecule is Cc1cc(NC(=O)C(=O)N2C[C@H](C)CC[C@@H]2c2ccccc2)cnc1N. The zero-order valence-corrected chi connectivity index (χ0v) is 15.1. The maximum absolute atomic E-state index is 12.9. The third kappa shape index (κ3) is 3.85. The van der Waals surface area contributed by atoms with E-state index in [0.29, 0.717) is 24.0 Å². The van der Waals surface area contributed by atoms with Crippen LogP contribution in [0.4, 0.5) is 11.5 Å². The van der Waals surface area contributed by atoms with E-state index >= 15 is 0 Å². The van der Waals surface area contributed by atoms with E-state index in [1.54, 1.807) is 17.9 Å². The summed E-state index contributed by atoms with van der Waals surface area (Å²) in [5.41, 5.74) is 7.98. The molecule has 1 aliphatic rings. The van der Waals surface area contributed by atoms with Gasteiger partial charge in [-0.3, -0.25) is 9.59 Å². The Balaban J connectivity index is 1.78. The van der Waals surface area contributed by atoms with Gasteiger partial charge in [-0.05, 0) is 42.9 Å². The highest BCUT2D eigenvalue weighted by Crippen LogP contribution is 2.33. The summed E-state index contributed by atoms with van der Waals surface area (Å²) in [4.78, 5) is 31.1. The molecule has 6 heteroatoms. The Bertz CT molecular complexity index is 807. The Morgan fingerprint density at radius 2 is 1.96 bits per heavy atom. The number of anilines is 2. The number of carbonyl (C=O) groups is 2. The Labute approximate surface area is 153 Å². The third-order valence-corrected chi connectivity index (χ3v) is 4.83. The normalized spacial score (nSPS) is 19.8. The summed E-state index contributed by atoms with van der Waals surface area (Å²) in [6.07, 6.45) is 3.35. The summed E-state index contributed by atoms with van der Waals surface area (Å²) in [7, 11) is 0. The van der Waals surface area contributed by atoms with Crippen LogP contribution in [0.5, 0.6) is 0 Å². The number of aromatic nitrogens is 1. The molecule has 1 aromatic carbocycles. The van der Waals surface area contributed by atoms with Gasteiger partial charge in [0.25, 0.3) is 0 Å². The number of benzene rings is 1. The van der Waals surface area contributed by atoms with Gasteiger partial charge in [-0.25, -0.2) is 4.98 Å². The average Bonchev–Trinajstić information content (AvgIpc) is 2.64. The number of nitrogens with zero attached hydrogens (tertiary/aromatic N) is 2. The Morgan fingerprint density at radius 3 is 2.65 bits per heavy atom. The van der Waals surface area contributed by atoms with Crippen LogP contribution in [-0.4, -0.2) is 28.2 Å². The molecule has 3 N–H and O–H groups in total. The zero-order valence-electron chi connectivity index (χ0n) is 15.1. The lowest BCUT2D eigenvalue weighted by Crippen LogP contribution is -2.46. The first-order valence-corrected chi connectivity index (χ1v) is 8.84. The minimum absolute atomic E-state index is 0.0723. The fourth-order valence-corrected chi connectivity index (χ4v) is 3.37. The van der Waals surface area contributed by atoms with Crippen molar-refractivity contribution in [3.05, 3.63) is 53.7 Å². The van der Waals surface area contributed by atoms with Crippen molar-refractivity contribution in [1.29, 1.82) is 0 Å². The lowest BCUT2D eigenvalue weighted by Gasteiger charge is -2.38. The molecule has 0 radical (unpaired) electrons. The quantitative estimate of drug-likeness (QED) is 0.814. The van der Waals surface area contributed by atoms with Gasteiger partial charge in [0.15, 0.2) is 0 Å². The van der Waals surface area contributed by atoms with Crippen LogP contribution in [0, 0.1) is 12.8 Å². The number of carbonyl (C=O) groups excluding carboxylic acids is 2. The van der Waals surface area contributed by atoms with E-state index in [-0.39, 0.29) is 6.04 Å². The van der Waals surface area contributed by atoms with Gasteiger partial charge in [-0.1, -0.05) is 37.3 Å². The van der Waals surface area contributed by atoms with Gasteiger partial charge in [0, 0.05) is 6.54 Å².